The Morgan fingerprint density at radius 3 is 2.30 bits per heavy atom. The molecule has 0 atom stereocenters. The topological polar surface area (TPSA) is 34.0 Å². The number of hydrogen-bond acceptors (Lipinski definition) is 2. The van der Waals surface area contributed by atoms with Crippen molar-refractivity contribution in [3.05, 3.63) is 51.3 Å². The van der Waals surface area contributed by atoms with Gasteiger partial charge in [-0.25, -0.2) is 0 Å². The number of hydrogen-bond donors (Lipinski definition) is 1. The maximum Gasteiger partial charge on any atom is 0.183 e. The number of aryl methyl sites for hydroxylation is 1. The molecule has 0 amide bonds. The maximum absolute atomic E-state index is 12.5. The highest BCUT2D eigenvalue weighted by molar-refractivity contribution is 6.42. The zero-order chi connectivity index (χ0) is 17.4. The van der Waals surface area contributed by atoms with Crippen molar-refractivity contribution < 1.29 is 4.79 Å². The molecule has 1 aromatic carbocycles. The van der Waals surface area contributed by atoms with Gasteiger partial charge in [-0.15, -0.1) is 0 Å². The first-order valence-corrected chi connectivity index (χ1v) is 8.28. The van der Waals surface area contributed by atoms with Gasteiger partial charge in [-0.05, 0) is 58.9 Å². The molecule has 0 radical (unpaired) electrons. The van der Waals surface area contributed by atoms with Crippen LogP contribution in [-0.2, 0) is 5.54 Å². The molecule has 0 fully saturated rings. The highest BCUT2D eigenvalue weighted by Gasteiger charge is 2.22. The van der Waals surface area contributed by atoms with Gasteiger partial charge in [0, 0.05) is 28.2 Å². The van der Waals surface area contributed by atoms with Crippen molar-refractivity contribution >= 4 is 34.7 Å². The van der Waals surface area contributed by atoms with Crippen molar-refractivity contribution in [2.24, 2.45) is 0 Å². The third kappa shape index (κ3) is 3.91. The first kappa shape index (κ1) is 17.9. The molecular weight excluding hydrogens is 331 g/mol. The number of halogens is 2. The zero-order valence-electron chi connectivity index (χ0n) is 14.1. The molecule has 0 aliphatic rings. The van der Waals surface area contributed by atoms with Crippen molar-refractivity contribution in [1.82, 2.24) is 4.57 Å². The molecule has 0 bridgehead atoms. The summed E-state index contributed by atoms with van der Waals surface area (Å²) in [6, 6.07) is 7.19. The van der Waals surface area contributed by atoms with E-state index < -0.39 is 0 Å². The minimum absolute atomic E-state index is 0.0518. The number of carbonyl (C=O) groups is 1. The number of rotatable bonds is 4. The summed E-state index contributed by atoms with van der Waals surface area (Å²) in [7, 11) is 0. The summed E-state index contributed by atoms with van der Waals surface area (Å²) >= 11 is 11.9. The average molecular weight is 353 g/mol. The van der Waals surface area contributed by atoms with Gasteiger partial charge in [0.25, 0.3) is 0 Å². The zero-order valence-corrected chi connectivity index (χ0v) is 15.6. The molecule has 0 aliphatic carbocycles. The lowest BCUT2D eigenvalue weighted by Gasteiger charge is -2.25. The Balaban J connectivity index is 2.17. The van der Waals surface area contributed by atoms with Crippen LogP contribution in [0.5, 0.6) is 0 Å². The summed E-state index contributed by atoms with van der Waals surface area (Å²) in [5.74, 6) is 0.0553. The Kier molecular flexibility index (Phi) is 5.12. The summed E-state index contributed by atoms with van der Waals surface area (Å²) in [6.45, 7) is 10.6. The van der Waals surface area contributed by atoms with E-state index in [4.69, 9.17) is 23.2 Å². The lowest BCUT2D eigenvalue weighted by Crippen LogP contribution is -2.24. The number of aromatic nitrogens is 1. The van der Waals surface area contributed by atoms with Crippen LogP contribution in [0.15, 0.2) is 24.3 Å². The summed E-state index contributed by atoms with van der Waals surface area (Å²) in [6.07, 6.45) is 0. The molecule has 0 aliphatic heterocycles. The molecule has 23 heavy (non-hydrogen) atoms. The number of nitrogens with one attached hydrogen (secondary N) is 1. The second-order valence-corrected chi connectivity index (χ2v) is 7.51. The van der Waals surface area contributed by atoms with E-state index in [0.717, 1.165) is 22.6 Å². The van der Waals surface area contributed by atoms with E-state index in [9.17, 15) is 4.79 Å². The van der Waals surface area contributed by atoms with E-state index in [1.807, 2.05) is 19.9 Å². The van der Waals surface area contributed by atoms with Crippen LogP contribution in [0.3, 0.4) is 0 Å². The Labute approximate surface area is 147 Å². The van der Waals surface area contributed by atoms with Crippen LogP contribution in [0.4, 0.5) is 5.69 Å². The van der Waals surface area contributed by atoms with Crippen LogP contribution < -0.4 is 5.32 Å². The third-order valence-corrected chi connectivity index (χ3v) is 4.51. The molecule has 0 saturated heterocycles. The van der Waals surface area contributed by atoms with E-state index >= 15 is 0 Å². The van der Waals surface area contributed by atoms with Crippen LogP contribution in [0.2, 0.25) is 10.0 Å². The third-order valence-electron chi connectivity index (χ3n) is 3.78. The van der Waals surface area contributed by atoms with Crippen molar-refractivity contribution in [1.29, 1.82) is 0 Å². The fraction of sp³-hybridized carbons (Fsp3) is 0.389. The van der Waals surface area contributed by atoms with Gasteiger partial charge in [0.1, 0.15) is 0 Å². The molecule has 2 aromatic rings. The second-order valence-electron chi connectivity index (χ2n) is 6.70. The molecule has 1 aromatic heterocycles. The van der Waals surface area contributed by atoms with E-state index in [1.165, 1.54) is 0 Å². The van der Waals surface area contributed by atoms with E-state index in [0.29, 0.717) is 10.0 Å². The van der Waals surface area contributed by atoms with Gasteiger partial charge in [0.15, 0.2) is 5.78 Å². The molecule has 3 nitrogen and oxygen atoms in total. The minimum atomic E-state index is -0.0518. The lowest BCUT2D eigenvalue weighted by molar-refractivity contribution is 0.101. The van der Waals surface area contributed by atoms with Gasteiger partial charge >= 0.3 is 0 Å². The van der Waals surface area contributed by atoms with Gasteiger partial charge in [-0.1, -0.05) is 23.2 Å². The Morgan fingerprint density at radius 2 is 1.78 bits per heavy atom. The Hall–Kier alpha value is -1.45. The summed E-state index contributed by atoms with van der Waals surface area (Å²) in [4.78, 5) is 12.5. The fourth-order valence-corrected chi connectivity index (χ4v) is 3.26. The van der Waals surface area contributed by atoms with Crippen molar-refractivity contribution in [3.8, 4) is 0 Å². The highest BCUT2D eigenvalue weighted by atomic mass is 35.5. The average Bonchev–Trinajstić information content (AvgIpc) is 2.74. The monoisotopic (exact) mass is 352 g/mol. The van der Waals surface area contributed by atoms with Crippen LogP contribution >= 0.6 is 23.2 Å². The molecule has 1 heterocycles. The number of nitrogens with zero attached hydrogens (tertiary/aromatic N) is 1. The van der Waals surface area contributed by atoms with Crippen molar-refractivity contribution in [2.45, 2.75) is 40.2 Å². The minimum Gasteiger partial charge on any atom is -0.378 e. The highest BCUT2D eigenvalue weighted by Crippen LogP contribution is 2.26. The van der Waals surface area contributed by atoms with E-state index in [-0.39, 0.29) is 17.9 Å². The number of Topliss-reactive ketones (excluding diaryl/α,β-unsaturated/α-hetero) is 1. The number of anilines is 1. The molecular formula is C18H22Cl2N2O. The molecule has 2 rings (SSSR count). The number of benzene rings is 1. The fourth-order valence-electron chi connectivity index (χ4n) is 2.96. The second kappa shape index (κ2) is 6.58. The van der Waals surface area contributed by atoms with Gasteiger partial charge < -0.3 is 9.88 Å². The number of ketones is 1. The van der Waals surface area contributed by atoms with Crippen molar-refractivity contribution in [2.75, 3.05) is 11.9 Å². The molecule has 0 unspecified atom stereocenters. The van der Waals surface area contributed by atoms with Crippen molar-refractivity contribution in [3.63, 3.8) is 0 Å². The lowest BCUT2D eigenvalue weighted by atomic mass is 10.1. The van der Waals surface area contributed by atoms with Crippen LogP contribution in [0.25, 0.3) is 0 Å². The smallest absolute Gasteiger partial charge is 0.183 e. The molecule has 0 spiro atoms. The molecule has 5 heteroatoms. The van der Waals surface area contributed by atoms with Gasteiger partial charge in [-0.3, -0.25) is 4.79 Å². The normalized spacial score (nSPS) is 11.6. The molecule has 0 saturated carbocycles. The first-order chi connectivity index (χ1) is 10.6. The summed E-state index contributed by atoms with van der Waals surface area (Å²) < 4.78 is 2.19. The first-order valence-electron chi connectivity index (χ1n) is 7.53. The summed E-state index contributed by atoms with van der Waals surface area (Å²) in [5.41, 5.74) is 3.57. The van der Waals surface area contributed by atoms with Crippen LogP contribution in [0, 0.1) is 13.8 Å². The Morgan fingerprint density at radius 1 is 1.13 bits per heavy atom. The SMILES string of the molecule is Cc1cc(C(=O)CNc2ccc(Cl)c(Cl)c2)c(C)n1C(C)(C)C. The van der Waals surface area contributed by atoms with Gasteiger partial charge in [-0.2, -0.15) is 0 Å². The van der Waals surface area contributed by atoms with Crippen LogP contribution in [-0.4, -0.2) is 16.9 Å². The van der Waals surface area contributed by atoms with E-state index in [2.05, 4.69) is 30.7 Å². The van der Waals surface area contributed by atoms with Crippen LogP contribution in [0.1, 0.15) is 42.5 Å². The maximum atomic E-state index is 12.5. The van der Waals surface area contributed by atoms with Gasteiger partial charge in [0.2, 0.25) is 0 Å². The Bertz CT molecular complexity index is 742. The van der Waals surface area contributed by atoms with Gasteiger partial charge in [0.05, 0.1) is 16.6 Å². The largest absolute Gasteiger partial charge is 0.378 e. The summed E-state index contributed by atoms with van der Waals surface area (Å²) in [5, 5.41) is 4.07. The predicted octanol–water partition coefficient (Wildman–Crippen LogP) is 5.46. The predicted molar refractivity (Wildman–Crippen MR) is 98.2 cm³/mol. The number of carbonyl (C=O) groups excluding carboxylic acids is 1. The van der Waals surface area contributed by atoms with E-state index in [1.54, 1.807) is 18.2 Å². The molecule has 124 valence electrons. The quantitative estimate of drug-likeness (QED) is 0.741. The standard InChI is InChI=1S/C18H22Cl2N2O/c1-11-8-14(12(2)22(11)18(3,4)5)17(23)10-21-13-6-7-15(19)16(20)9-13/h6-9,21H,10H2,1-5H3. The molecule has 1 N–H and O–H groups in total.